The van der Waals surface area contributed by atoms with Gasteiger partial charge in [-0.1, -0.05) is 0 Å². The number of hydrogen-bond donors (Lipinski definition) is 1. The van der Waals surface area contributed by atoms with Crippen molar-refractivity contribution in [2.75, 3.05) is 0 Å². The van der Waals surface area contributed by atoms with Crippen molar-refractivity contribution in [2.24, 2.45) is 5.14 Å². The SMILES string of the molecule is NS(=O)(=O)c1nc(C(F)(F)F)cc(C(F)F)c1[N+](=O)[O-]. The van der Waals surface area contributed by atoms with Crippen molar-refractivity contribution in [3.63, 3.8) is 0 Å². The molecule has 0 saturated heterocycles. The van der Waals surface area contributed by atoms with Gasteiger partial charge in [0.25, 0.3) is 16.4 Å². The molecule has 13 heteroatoms. The van der Waals surface area contributed by atoms with E-state index in [0.29, 0.717) is 0 Å². The fourth-order valence-electron chi connectivity index (χ4n) is 1.23. The van der Waals surface area contributed by atoms with Crippen LogP contribution < -0.4 is 5.14 Å². The van der Waals surface area contributed by atoms with Crippen LogP contribution in [0.25, 0.3) is 0 Å². The molecule has 0 aliphatic carbocycles. The Balaban J connectivity index is 3.89. The van der Waals surface area contributed by atoms with Crippen LogP contribution in [0.4, 0.5) is 27.6 Å². The molecule has 7 nitrogen and oxygen atoms in total. The third-order valence-corrected chi connectivity index (χ3v) is 2.79. The molecule has 1 heterocycles. The summed E-state index contributed by atoms with van der Waals surface area (Å²) in [6, 6.07) is -0.294. The molecule has 1 aromatic rings. The highest BCUT2D eigenvalue weighted by atomic mass is 32.2. The first-order valence-electron chi connectivity index (χ1n) is 4.43. The fourth-order valence-corrected chi connectivity index (χ4v) is 1.91. The number of pyridine rings is 1. The van der Waals surface area contributed by atoms with Gasteiger partial charge in [-0.15, -0.1) is 0 Å². The van der Waals surface area contributed by atoms with Crippen LogP contribution in [0.15, 0.2) is 11.1 Å². The molecule has 0 spiro atoms. The van der Waals surface area contributed by atoms with E-state index in [0.717, 1.165) is 0 Å². The minimum atomic E-state index is -5.28. The van der Waals surface area contributed by atoms with Crippen molar-refractivity contribution in [1.29, 1.82) is 0 Å². The number of rotatable bonds is 3. The zero-order valence-electron chi connectivity index (χ0n) is 9.06. The van der Waals surface area contributed by atoms with E-state index < -0.39 is 49.5 Å². The minimum absolute atomic E-state index is 0.294. The summed E-state index contributed by atoms with van der Waals surface area (Å²) in [5.41, 5.74) is -5.54. The monoisotopic (exact) mass is 321 g/mol. The highest BCUT2D eigenvalue weighted by Crippen LogP contribution is 2.37. The zero-order valence-corrected chi connectivity index (χ0v) is 9.87. The van der Waals surface area contributed by atoms with Crippen LogP contribution in [0.2, 0.25) is 0 Å². The molecule has 0 radical (unpaired) electrons. The maximum absolute atomic E-state index is 12.6. The van der Waals surface area contributed by atoms with Gasteiger partial charge in [-0.05, 0) is 6.07 Å². The first kappa shape index (κ1) is 16.2. The molecule has 112 valence electrons. The van der Waals surface area contributed by atoms with E-state index in [1.165, 1.54) is 0 Å². The van der Waals surface area contributed by atoms with Crippen LogP contribution in [0.5, 0.6) is 0 Å². The topological polar surface area (TPSA) is 116 Å². The minimum Gasteiger partial charge on any atom is -0.258 e. The molecule has 2 N–H and O–H groups in total. The molecular formula is C7H4F5N3O4S. The van der Waals surface area contributed by atoms with E-state index in [1.807, 2.05) is 0 Å². The largest absolute Gasteiger partial charge is 0.433 e. The lowest BCUT2D eigenvalue weighted by molar-refractivity contribution is -0.389. The molecule has 0 aromatic carbocycles. The Bertz CT molecular complexity index is 657. The number of aromatic nitrogens is 1. The van der Waals surface area contributed by atoms with Gasteiger partial charge in [0.15, 0.2) is 0 Å². The highest BCUT2D eigenvalue weighted by Gasteiger charge is 2.40. The van der Waals surface area contributed by atoms with Crippen LogP contribution in [0.1, 0.15) is 17.7 Å². The maximum atomic E-state index is 12.6. The van der Waals surface area contributed by atoms with Gasteiger partial charge in [-0.2, -0.15) is 13.2 Å². The quantitative estimate of drug-likeness (QED) is 0.515. The summed E-state index contributed by atoms with van der Waals surface area (Å²) in [5, 5.41) is 13.2. The molecule has 0 aliphatic rings. The molecule has 20 heavy (non-hydrogen) atoms. The summed E-state index contributed by atoms with van der Waals surface area (Å²) >= 11 is 0. The molecule has 0 aliphatic heterocycles. The number of nitro groups is 1. The van der Waals surface area contributed by atoms with E-state index in [4.69, 9.17) is 0 Å². The fraction of sp³-hybridized carbons (Fsp3) is 0.286. The zero-order chi connectivity index (χ0) is 15.9. The van der Waals surface area contributed by atoms with Crippen LogP contribution >= 0.6 is 0 Å². The predicted molar refractivity (Wildman–Crippen MR) is 52.2 cm³/mol. The van der Waals surface area contributed by atoms with Gasteiger partial charge in [0.2, 0.25) is 5.03 Å². The second-order valence-electron chi connectivity index (χ2n) is 3.35. The van der Waals surface area contributed by atoms with Crippen LogP contribution in [0, 0.1) is 10.1 Å². The van der Waals surface area contributed by atoms with Crippen molar-refractivity contribution in [1.82, 2.24) is 4.98 Å². The molecule has 0 fully saturated rings. The van der Waals surface area contributed by atoms with Gasteiger partial charge in [0, 0.05) is 0 Å². The van der Waals surface area contributed by atoms with Crippen molar-refractivity contribution >= 4 is 15.7 Å². The molecular weight excluding hydrogens is 317 g/mol. The number of nitrogens with zero attached hydrogens (tertiary/aromatic N) is 2. The van der Waals surface area contributed by atoms with Gasteiger partial charge in [-0.25, -0.2) is 27.3 Å². The van der Waals surface area contributed by atoms with E-state index in [1.54, 1.807) is 0 Å². The van der Waals surface area contributed by atoms with E-state index >= 15 is 0 Å². The van der Waals surface area contributed by atoms with Crippen LogP contribution in [-0.4, -0.2) is 18.3 Å². The normalized spacial score (nSPS) is 12.8. The Labute approximate surface area is 107 Å². The first-order chi connectivity index (χ1) is 8.85. The summed E-state index contributed by atoms with van der Waals surface area (Å²) in [6.45, 7) is 0. The van der Waals surface area contributed by atoms with Gasteiger partial charge in [-0.3, -0.25) is 10.1 Å². The van der Waals surface area contributed by atoms with Crippen molar-refractivity contribution < 1.29 is 35.3 Å². The molecule has 0 unspecified atom stereocenters. The Morgan fingerprint density at radius 2 is 1.85 bits per heavy atom. The van der Waals surface area contributed by atoms with Gasteiger partial charge >= 0.3 is 11.9 Å². The van der Waals surface area contributed by atoms with Crippen molar-refractivity contribution in [3.8, 4) is 0 Å². The summed E-state index contributed by atoms with van der Waals surface area (Å²) in [4.78, 5) is 11.5. The summed E-state index contributed by atoms with van der Waals surface area (Å²) in [5.74, 6) is 0. The molecule has 0 saturated carbocycles. The lowest BCUT2D eigenvalue weighted by Gasteiger charge is -2.10. The lowest BCUT2D eigenvalue weighted by Crippen LogP contribution is -2.20. The lowest BCUT2D eigenvalue weighted by atomic mass is 10.2. The van der Waals surface area contributed by atoms with Crippen molar-refractivity contribution in [2.45, 2.75) is 17.6 Å². The highest BCUT2D eigenvalue weighted by molar-refractivity contribution is 7.89. The molecule has 0 amide bonds. The number of halogens is 5. The van der Waals surface area contributed by atoms with E-state index in [-0.39, 0.29) is 6.07 Å². The third kappa shape index (κ3) is 3.16. The van der Waals surface area contributed by atoms with Gasteiger partial charge in [0.05, 0.1) is 4.92 Å². The Morgan fingerprint density at radius 3 is 2.15 bits per heavy atom. The number of sulfonamides is 1. The smallest absolute Gasteiger partial charge is 0.258 e. The average molecular weight is 321 g/mol. The second-order valence-corrected chi connectivity index (χ2v) is 4.83. The summed E-state index contributed by atoms with van der Waals surface area (Å²) < 4.78 is 84.5. The van der Waals surface area contributed by atoms with Crippen LogP contribution in [-0.2, 0) is 16.2 Å². The molecule has 1 aromatic heterocycles. The first-order valence-corrected chi connectivity index (χ1v) is 5.97. The summed E-state index contributed by atoms with van der Waals surface area (Å²) in [7, 11) is -5.10. The predicted octanol–water partition coefficient (Wildman–Crippen LogP) is 1.59. The second kappa shape index (κ2) is 4.90. The van der Waals surface area contributed by atoms with E-state index in [2.05, 4.69) is 10.1 Å². The number of nitrogens with two attached hydrogens (primary N) is 1. The van der Waals surface area contributed by atoms with Crippen molar-refractivity contribution in [3.05, 3.63) is 27.4 Å². The Kier molecular flexibility index (Phi) is 3.96. The van der Waals surface area contributed by atoms with Gasteiger partial charge < -0.3 is 0 Å². The number of alkyl halides is 5. The van der Waals surface area contributed by atoms with E-state index in [9.17, 15) is 40.5 Å². The standard InChI is InChI=1S/C7H4F5N3O4S/c8-5(9)2-1-3(7(10,11)12)14-6(20(13,18)19)4(2)15(16)17/h1,5H,(H2,13,18,19). The maximum Gasteiger partial charge on any atom is 0.433 e. The van der Waals surface area contributed by atoms with Crippen LogP contribution in [0.3, 0.4) is 0 Å². The Hall–Kier alpha value is -1.89. The molecule has 0 atom stereocenters. The molecule has 0 bridgehead atoms. The third-order valence-electron chi connectivity index (χ3n) is 1.97. The number of primary sulfonamides is 1. The van der Waals surface area contributed by atoms with Gasteiger partial charge in [0.1, 0.15) is 11.3 Å². The Morgan fingerprint density at radius 1 is 1.35 bits per heavy atom. The number of hydrogen-bond acceptors (Lipinski definition) is 5. The summed E-state index contributed by atoms with van der Waals surface area (Å²) in [6.07, 6.45) is -9.00. The molecule has 1 rings (SSSR count). The average Bonchev–Trinajstić information content (AvgIpc) is 2.24.